The molecule has 1 heterocycles. The molecule has 4 heteroatoms. The van der Waals surface area contributed by atoms with Gasteiger partial charge in [0.15, 0.2) is 0 Å². The minimum Gasteiger partial charge on any atom is -0.494 e. The highest BCUT2D eigenvalue weighted by Crippen LogP contribution is 2.16. The Morgan fingerprint density at radius 3 is 2.89 bits per heavy atom. The summed E-state index contributed by atoms with van der Waals surface area (Å²) in [6.45, 7) is 5.65. The average molecular weight is 259 g/mol. The van der Waals surface area contributed by atoms with E-state index in [-0.39, 0.29) is 0 Å². The second kappa shape index (κ2) is 6.27. The summed E-state index contributed by atoms with van der Waals surface area (Å²) >= 11 is 0. The van der Waals surface area contributed by atoms with Gasteiger partial charge in [-0.2, -0.15) is 5.10 Å². The lowest BCUT2D eigenvalue weighted by molar-refractivity contribution is 0.317. The Morgan fingerprint density at radius 2 is 2.21 bits per heavy atom. The zero-order valence-electron chi connectivity index (χ0n) is 11.8. The summed E-state index contributed by atoms with van der Waals surface area (Å²) in [6.07, 6.45) is 3.02. The van der Waals surface area contributed by atoms with E-state index >= 15 is 0 Å². The number of benzene rings is 1. The molecule has 2 rings (SSSR count). The van der Waals surface area contributed by atoms with Crippen molar-refractivity contribution in [2.75, 3.05) is 11.9 Å². The predicted molar refractivity (Wildman–Crippen MR) is 77.5 cm³/mol. The molecular formula is C15H21N3O. The van der Waals surface area contributed by atoms with E-state index in [2.05, 4.69) is 29.5 Å². The van der Waals surface area contributed by atoms with Crippen LogP contribution in [0.3, 0.4) is 0 Å². The van der Waals surface area contributed by atoms with Gasteiger partial charge in [0.1, 0.15) is 5.75 Å². The van der Waals surface area contributed by atoms with Crippen LogP contribution >= 0.6 is 0 Å². The van der Waals surface area contributed by atoms with Gasteiger partial charge in [-0.25, -0.2) is 0 Å². The van der Waals surface area contributed by atoms with Crippen LogP contribution in [0.15, 0.2) is 30.5 Å². The molecule has 1 aromatic heterocycles. The van der Waals surface area contributed by atoms with Crippen LogP contribution in [0, 0.1) is 6.92 Å². The molecule has 102 valence electrons. The molecule has 0 spiro atoms. The maximum atomic E-state index is 5.63. The monoisotopic (exact) mass is 259 g/mol. The van der Waals surface area contributed by atoms with Crippen LogP contribution in [0.2, 0.25) is 0 Å². The summed E-state index contributed by atoms with van der Waals surface area (Å²) in [7, 11) is 1.93. The molecule has 0 aliphatic heterocycles. The number of ether oxygens (including phenoxy) is 1. The lowest BCUT2D eigenvalue weighted by Gasteiger charge is -2.08. The van der Waals surface area contributed by atoms with E-state index in [0.29, 0.717) is 0 Å². The number of anilines is 1. The molecule has 2 aromatic rings. The van der Waals surface area contributed by atoms with Gasteiger partial charge in [-0.05, 0) is 31.0 Å². The number of rotatable bonds is 6. The number of hydrogen-bond acceptors (Lipinski definition) is 3. The Labute approximate surface area is 114 Å². The van der Waals surface area contributed by atoms with Crippen LogP contribution in [0.25, 0.3) is 0 Å². The molecule has 1 aromatic carbocycles. The van der Waals surface area contributed by atoms with E-state index < -0.39 is 0 Å². The van der Waals surface area contributed by atoms with Gasteiger partial charge in [-0.15, -0.1) is 0 Å². The first-order valence-corrected chi connectivity index (χ1v) is 6.65. The first-order chi connectivity index (χ1) is 9.19. The van der Waals surface area contributed by atoms with E-state index in [1.807, 2.05) is 37.0 Å². The van der Waals surface area contributed by atoms with E-state index in [0.717, 1.165) is 36.7 Å². The summed E-state index contributed by atoms with van der Waals surface area (Å²) in [5.41, 5.74) is 3.29. The Bertz CT molecular complexity index is 534. The van der Waals surface area contributed by atoms with Crippen LogP contribution in [0.5, 0.6) is 5.75 Å². The predicted octanol–water partition coefficient (Wildman–Crippen LogP) is 3.13. The topological polar surface area (TPSA) is 39.1 Å². The number of nitrogens with zero attached hydrogens (tertiary/aromatic N) is 2. The highest BCUT2D eigenvalue weighted by atomic mass is 16.5. The smallest absolute Gasteiger partial charge is 0.119 e. The highest BCUT2D eigenvalue weighted by molar-refractivity contribution is 5.46. The normalized spacial score (nSPS) is 10.5. The summed E-state index contributed by atoms with van der Waals surface area (Å²) in [6, 6.07) is 8.19. The van der Waals surface area contributed by atoms with E-state index in [9.17, 15) is 0 Å². The van der Waals surface area contributed by atoms with Crippen molar-refractivity contribution in [2.45, 2.75) is 26.8 Å². The second-order valence-corrected chi connectivity index (χ2v) is 4.65. The van der Waals surface area contributed by atoms with Crippen molar-refractivity contribution in [2.24, 2.45) is 7.05 Å². The lowest BCUT2D eigenvalue weighted by Crippen LogP contribution is -2.01. The van der Waals surface area contributed by atoms with Crippen LogP contribution < -0.4 is 10.1 Å². The summed E-state index contributed by atoms with van der Waals surface area (Å²) < 4.78 is 7.45. The van der Waals surface area contributed by atoms with Crippen LogP contribution in [-0.2, 0) is 13.6 Å². The second-order valence-electron chi connectivity index (χ2n) is 4.65. The van der Waals surface area contributed by atoms with Crippen molar-refractivity contribution in [1.82, 2.24) is 9.78 Å². The lowest BCUT2D eigenvalue weighted by atomic mass is 10.2. The van der Waals surface area contributed by atoms with Crippen molar-refractivity contribution in [3.8, 4) is 5.75 Å². The fourth-order valence-corrected chi connectivity index (χ4v) is 1.94. The summed E-state index contributed by atoms with van der Waals surface area (Å²) in [5.74, 6) is 0.934. The van der Waals surface area contributed by atoms with Crippen LogP contribution in [0.4, 0.5) is 5.69 Å². The Morgan fingerprint density at radius 1 is 1.37 bits per heavy atom. The molecule has 0 saturated carbocycles. The Kier molecular flexibility index (Phi) is 4.44. The quantitative estimate of drug-likeness (QED) is 0.866. The van der Waals surface area contributed by atoms with Crippen molar-refractivity contribution in [3.63, 3.8) is 0 Å². The van der Waals surface area contributed by atoms with Gasteiger partial charge in [-0.3, -0.25) is 4.68 Å². The molecule has 0 atom stereocenters. The molecule has 0 aliphatic carbocycles. The van der Waals surface area contributed by atoms with Gasteiger partial charge >= 0.3 is 0 Å². The molecule has 0 bridgehead atoms. The highest BCUT2D eigenvalue weighted by Gasteiger charge is 2.02. The molecule has 0 unspecified atom stereocenters. The molecule has 0 aliphatic rings. The third-order valence-corrected chi connectivity index (χ3v) is 2.87. The largest absolute Gasteiger partial charge is 0.494 e. The van der Waals surface area contributed by atoms with Gasteiger partial charge in [-0.1, -0.05) is 19.1 Å². The zero-order chi connectivity index (χ0) is 13.7. The molecular weight excluding hydrogens is 238 g/mol. The number of aryl methyl sites for hydroxylation is 2. The van der Waals surface area contributed by atoms with Gasteiger partial charge in [0.2, 0.25) is 0 Å². The maximum Gasteiger partial charge on any atom is 0.119 e. The summed E-state index contributed by atoms with van der Waals surface area (Å²) in [5, 5.41) is 7.71. The minimum atomic E-state index is 0.762. The van der Waals surface area contributed by atoms with Gasteiger partial charge in [0, 0.05) is 19.8 Å². The van der Waals surface area contributed by atoms with Crippen molar-refractivity contribution in [3.05, 3.63) is 41.7 Å². The molecule has 0 fully saturated rings. The zero-order valence-corrected chi connectivity index (χ0v) is 11.8. The summed E-state index contributed by atoms with van der Waals surface area (Å²) in [4.78, 5) is 0. The number of nitrogens with one attached hydrogen (secondary N) is 1. The average Bonchev–Trinajstić information content (AvgIpc) is 2.73. The SMILES string of the molecule is CCCOc1cccc(CNc2cn(C)nc2C)c1. The first kappa shape index (κ1) is 13.5. The fourth-order valence-electron chi connectivity index (χ4n) is 1.94. The molecule has 0 saturated heterocycles. The molecule has 19 heavy (non-hydrogen) atoms. The molecule has 0 radical (unpaired) electrons. The van der Waals surface area contributed by atoms with E-state index in [1.54, 1.807) is 0 Å². The fraction of sp³-hybridized carbons (Fsp3) is 0.400. The maximum absolute atomic E-state index is 5.63. The van der Waals surface area contributed by atoms with Gasteiger partial charge < -0.3 is 10.1 Å². The van der Waals surface area contributed by atoms with Crippen molar-refractivity contribution in [1.29, 1.82) is 0 Å². The van der Waals surface area contributed by atoms with Gasteiger partial charge in [0.05, 0.1) is 18.0 Å². The third kappa shape index (κ3) is 3.74. The standard InChI is InChI=1S/C15H21N3O/c1-4-8-19-14-7-5-6-13(9-14)10-16-15-11-18(3)17-12(15)2/h5-7,9,11,16H,4,8,10H2,1-3H3. The minimum absolute atomic E-state index is 0.762. The molecule has 0 amide bonds. The Balaban J connectivity index is 1.97. The third-order valence-electron chi connectivity index (χ3n) is 2.87. The van der Waals surface area contributed by atoms with Crippen molar-refractivity contribution >= 4 is 5.69 Å². The van der Waals surface area contributed by atoms with Crippen LogP contribution in [-0.4, -0.2) is 16.4 Å². The van der Waals surface area contributed by atoms with E-state index in [1.165, 1.54) is 5.56 Å². The first-order valence-electron chi connectivity index (χ1n) is 6.65. The molecule has 1 N–H and O–H groups in total. The van der Waals surface area contributed by atoms with Crippen molar-refractivity contribution < 1.29 is 4.74 Å². The van der Waals surface area contributed by atoms with Crippen LogP contribution in [0.1, 0.15) is 24.6 Å². The van der Waals surface area contributed by atoms with Gasteiger partial charge in [0.25, 0.3) is 0 Å². The molecule has 4 nitrogen and oxygen atoms in total. The number of aromatic nitrogens is 2. The Hall–Kier alpha value is -1.97. The number of hydrogen-bond donors (Lipinski definition) is 1. The van der Waals surface area contributed by atoms with E-state index in [4.69, 9.17) is 4.74 Å².